The maximum atomic E-state index is 12.1. The monoisotopic (exact) mass is 238 g/mol. The zero-order valence-electron chi connectivity index (χ0n) is 11.1. The Labute approximate surface area is 103 Å². The van der Waals surface area contributed by atoms with Crippen LogP contribution >= 0.6 is 0 Å². The highest BCUT2D eigenvalue weighted by Gasteiger charge is 2.49. The zero-order chi connectivity index (χ0) is 12.8. The fraction of sp³-hybridized carbons (Fsp3) is 0.846. The van der Waals surface area contributed by atoms with E-state index in [0.29, 0.717) is 17.8 Å². The van der Waals surface area contributed by atoms with Gasteiger partial charge in [0.1, 0.15) is 12.1 Å². The first-order valence-electron chi connectivity index (χ1n) is 6.47. The standard InChI is InChI=1S/C13H22N2O2/c1-5-10-11(16)14-8(2)12(17)15(10)7-9-6-13(9,3)4/h8-10H,5-7H2,1-4H3,(H,14,16). The van der Waals surface area contributed by atoms with E-state index in [4.69, 9.17) is 0 Å². The molecule has 0 aromatic rings. The van der Waals surface area contributed by atoms with Crippen molar-refractivity contribution in [3.63, 3.8) is 0 Å². The average Bonchev–Trinajstić information content (AvgIpc) is 2.83. The molecule has 1 saturated heterocycles. The third-order valence-electron chi connectivity index (χ3n) is 4.21. The Kier molecular flexibility index (Phi) is 2.92. The van der Waals surface area contributed by atoms with E-state index >= 15 is 0 Å². The maximum absolute atomic E-state index is 12.1. The molecule has 4 heteroatoms. The van der Waals surface area contributed by atoms with E-state index in [2.05, 4.69) is 19.2 Å². The van der Waals surface area contributed by atoms with Gasteiger partial charge in [0, 0.05) is 6.54 Å². The number of hydrogen-bond donors (Lipinski definition) is 1. The van der Waals surface area contributed by atoms with Crippen molar-refractivity contribution < 1.29 is 9.59 Å². The number of rotatable bonds is 3. The van der Waals surface area contributed by atoms with Gasteiger partial charge in [0.05, 0.1) is 0 Å². The summed E-state index contributed by atoms with van der Waals surface area (Å²) in [5, 5.41) is 2.74. The SMILES string of the molecule is CCC1C(=O)NC(C)C(=O)N1CC1CC1(C)C. The molecule has 0 bridgehead atoms. The smallest absolute Gasteiger partial charge is 0.245 e. The predicted molar refractivity (Wildman–Crippen MR) is 65.3 cm³/mol. The van der Waals surface area contributed by atoms with E-state index in [9.17, 15) is 9.59 Å². The van der Waals surface area contributed by atoms with Gasteiger partial charge in [-0.15, -0.1) is 0 Å². The van der Waals surface area contributed by atoms with Gasteiger partial charge in [-0.2, -0.15) is 0 Å². The molecule has 96 valence electrons. The Hall–Kier alpha value is -1.06. The largest absolute Gasteiger partial charge is 0.343 e. The van der Waals surface area contributed by atoms with Gasteiger partial charge in [0.25, 0.3) is 0 Å². The highest BCUT2D eigenvalue weighted by Crippen LogP contribution is 2.52. The molecule has 3 atom stereocenters. The number of amides is 2. The molecule has 4 nitrogen and oxygen atoms in total. The van der Waals surface area contributed by atoms with Crippen molar-refractivity contribution in [3.05, 3.63) is 0 Å². The Morgan fingerprint density at radius 3 is 2.47 bits per heavy atom. The topological polar surface area (TPSA) is 49.4 Å². The number of nitrogens with one attached hydrogen (secondary N) is 1. The van der Waals surface area contributed by atoms with Crippen LogP contribution in [0.15, 0.2) is 0 Å². The summed E-state index contributed by atoms with van der Waals surface area (Å²) < 4.78 is 0. The molecule has 2 rings (SSSR count). The first-order chi connectivity index (χ1) is 7.86. The van der Waals surface area contributed by atoms with Crippen molar-refractivity contribution in [3.8, 4) is 0 Å². The van der Waals surface area contributed by atoms with E-state index in [-0.39, 0.29) is 23.9 Å². The molecule has 2 amide bonds. The molecule has 2 aliphatic rings. The lowest BCUT2D eigenvalue weighted by Gasteiger charge is -2.38. The summed E-state index contributed by atoms with van der Waals surface area (Å²) in [6.07, 6.45) is 1.85. The molecular formula is C13H22N2O2. The lowest BCUT2D eigenvalue weighted by atomic mass is 10.0. The molecule has 3 unspecified atom stereocenters. The molecule has 1 aliphatic carbocycles. The number of piperazine rings is 1. The first-order valence-corrected chi connectivity index (χ1v) is 6.47. The average molecular weight is 238 g/mol. The van der Waals surface area contributed by atoms with Crippen LogP contribution in [0.3, 0.4) is 0 Å². The number of hydrogen-bond acceptors (Lipinski definition) is 2. The Morgan fingerprint density at radius 2 is 2.00 bits per heavy atom. The second kappa shape index (κ2) is 4.00. The molecule has 0 radical (unpaired) electrons. The second-order valence-corrected chi connectivity index (χ2v) is 6.03. The minimum absolute atomic E-state index is 0.00180. The van der Waals surface area contributed by atoms with E-state index < -0.39 is 0 Å². The van der Waals surface area contributed by atoms with Crippen LogP contribution in [0, 0.1) is 11.3 Å². The van der Waals surface area contributed by atoms with Gasteiger partial charge in [-0.05, 0) is 31.1 Å². The normalized spacial score (nSPS) is 35.8. The van der Waals surface area contributed by atoms with E-state index in [1.165, 1.54) is 0 Å². The Balaban J connectivity index is 2.10. The summed E-state index contributed by atoms with van der Waals surface area (Å²) in [4.78, 5) is 25.8. The van der Waals surface area contributed by atoms with Gasteiger partial charge < -0.3 is 10.2 Å². The molecule has 0 aromatic heterocycles. The molecular weight excluding hydrogens is 216 g/mol. The minimum atomic E-state index is -0.368. The molecule has 2 fully saturated rings. The molecule has 1 aliphatic heterocycles. The van der Waals surface area contributed by atoms with Crippen molar-refractivity contribution in [2.24, 2.45) is 11.3 Å². The minimum Gasteiger partial charge on any atom is -0.343 e. The van der Waals surface area contributed by atoms with Crippen LogP contribution in [-0.2, 0) is 9.59 Å². The summed E-state index contributed by atoms with van der Waals surface area (Å²) in [7, 11) is 0. The lowest BCUT2D eigenvalue weighted by molar-refractivity contribution is -0.149. The maximum Gasteiger partial charge on any atom is 0.245 e. The van der Waals surface area contributed by atoms with Crippen LogP contribution in [0.2, 0.25) is 0 Å². The summed E-state index contributed by atoms with van der Waals surface area (Å²) in [5.41, 5.74) is 0.343. The first kappa shape index (κ1) is 12.4. The van der Waals surface area contributed by atoms with Crippen LogP contribution in [0.5, 0.6) is 0 Å². The van der Waals surface area contributed by atoms with Crippen LogP contribution in [0.1, 0.15) is 40.5 Å². The van der Waals surface area contributed by atoms with Gasteiger partial charge in [0.2, 0.25) is 11.8 Å². The van der Waals surface area contributed by atoms with E-state index in [1.54, 1.807) is 11.8 Å². The Bertz CT molecular complexity index is 351. The quantitative estimate of drug-likeness (QED) is 0.802. The molecule has 1 N–H and O–H groups in total. The summed E-state index contributed by atoms with van der Waals surface area (Å²) in [6, 6.07) is -0.637. The van der Waals surface area contributed by atoms with Gasteiger partial charge in [-0.25, -0.2) is 0 Å². The van der Waals surface area contributed by atoms with Gasteiger partial charge >= 0.3 is 0 Å². The van der Waals surface area contributed by atoms with E-state index in [1.807, 2.05) is 6.92 Å². The number of nitrogens with zero attached hydrogens (tertiary/aromatic N) is 1. The van der Waals surface area contributed by atoms with Crippen LogP contribution in [0.4, 0.5) is 0 Å². The van der Waals surface area contributed by atoms with Gasteiger partial charge in [0.15, 0.2) is 0 Å². The van der Waals surface area contributed by atoms with E-state index in [0.717, 1.165) is 13.0 Å². The van der Waals surface area contributed by atoms with Crippen molar-refractivity contribution in [2.75, 3.05) is 6.54 Å². The van der Waals surface area contributed by atoms with Crippen molar-refractivity contribution in [2.45, 2.75) is 52.6 Å². The number of carbonyl (C=O) groups excluding carboxylic acids is 2. The van der Waals surface area contributed by atoms with Crippen LogP contribution in [0.25, 0.3) is 0 Å². The molecule has 1 heterocycles. The highest BCUT2D eigenvalue weighted by atomic mass is 16.2. The summed E-state index contributed by atoms with van der Waals surface area (Å²) in [5.74, 6) is 0.621. The van der Waals surface area contributed by atoms with Crippen LogP contribution < -0.4 is 5.32 Å². The highest BCUT2D eigenvalue weighted by molar-refractivity contribution is 5.96. The third kappa shape index (κ3) is 2.17. The fourth-order valence-electron chi connectivity index (χ4n) is 2.66. The molecule has 1 saturated carbocycles. The molecule has 17 heavy (non-hydrogen) atoms. The van der Waals surface area contributed by atoms with Gasteiger partial charge in [-0.1, -0.05) is 20.8 Å². The predicted octanol–water partition coefficient (Wildman–Crippen LogP) is 1.16. The molecule has 0 aromatic carbocycles. The lowest BCUT2D eigenvalue weighted by Crippen LogP contribution is -2.62. The zero-order valence-corrected chi connectivity index (χ0v) is 11.1. The Morgan fingerprint density at radius 1 is 1.41 bits per heavy atom. The summed E-state index contributed by atoms with van der Waals surface area (Å²) in [6.45, 7) is 8.89. The second-order valence-electron chi connectivity index (χ2n) is 6.03. The van der Waals surface area contributed by atoms with Crippen LogP contribution in [-0.4, -0.2) is 35.3 Å². The third-order valence-corrected chi connectivity index (χ3v) is 4.21. The number of carbonyl (C=O) groups is 2. The van der Waals surface area contributed by atoms with Crippen molar-refractivity contribution >= 4 is 11.8 Å². The molecule has 0 spiro atoms. The summed E-state index contributed by atoms with van der Waals surface area (Å²) >= 11 is 0. The fourth-order valence-corrected chi connectivity index (χ4v) is 2.66. The van der Waals surface area contributed by atoms with Crippen molar-refractivity contribution in [1.29, 1.82) is 0 Å². The van der Waals surface area contributed by atoms with Gasteiger partial charge in [-0.3, -0.25) is 9.59 Å². The van der Waals surface area contributed by atoms with Crippen molar-refractivity contribution in [1.82, 2.24) is 10.2 Å².